The molecule has 0 saturated carbocycles. The minimum atomic E-state index is -0.105. The van der Waals surface area contributed by atoms with Gasteiger partial charge in [0.05, 0.1) is 6.61 Å². The summed E-state index contributed by atoms with van der Waals surface area (Å²) in [5.41, 5.74) is 1.39. The highest BCUT2D eigenvalue weighted by atomic mass is 16.5. The topological polar surface area (TPSA) is 26.3 Å². The molecule has 0 aromatic heterocycles. The van der Waals surface area contributed by atoms with E-state index in [1.807, 2.05) is 13.0 Å². The van der Waals surface area contributed by atoms with E-state index in [0.717, 1.165) is 25.7 Å². The lowest BCUT2D eigenvalue weighted by Crippen LogP contribution is -2.02. The maximum atomic E-state index is 11.1. The third kappa shape index (κ3) is 6.89. The Kier molecular flexibility index (Phi) is 7.61. The molecule has 0 fully saturated rings. The highest BCUT2D eigenvalue weighted by Crippen LogP contribution is 2.05. The fourth-order valence-electron chi connectivity index (χ4n) is 1.74. The summed E-state index contributed by atoms with van der Waals surface area (Å²) in [6, 6.07) is 10.5. The molecule has 0 aliphatic rings. The van der Waals surface area contributed by atoms with Crippen molar-refractivity contribution in [2.75, 3.05) is 6.61 Å². The maximum Gasteiger partial charge on any atom is 0.306 e. The van der Waals surface area contributed by atoms with Crippen molar-refractivity contribution in [2.45, 2.75) is 39.0 Å². The second kappa shape index (κ2) is 9.46. The molecule has 0 aliphatic carbocycles. The van der Waals surface area contributed by atoms with Gasteiger partial charge in [-0.1, -0.05) is 42.5 Å². The molecule has 1 rings (SSSR count). The van der Waals surface area contributed by atoms with Gasteiger partial charge in [0, 0.05) is 6.42 Å². The van der Waals surface area contributed by atoms with Crippen molar-refractivity contribution in [3.63, 3.8) is 0 Å². The standard InChI is InChI=1S/C16H22O2/c1-2-18-16(17)14-10-5-3-4-7-11-15-12-8-6-9-13-15/h3,5-6,8-9,12-13H,2,4,7,10-11,14H2,1H3/b5-3+. The molecule has 0 atom stereocenters. The number of allylic oxidation sites excluding steroid dienone is 2. The molecule has 98 valence electrons. The van der Waals surface area contributed by atoms with Gasteiger partial charge in [-0.15, -0.1) is 0 Å². The van der Waals surface area contributed by atoms with E-state index in [2.05, 4.69) is 36.4 Å². The number of unbranched alkanes of at least 4 members (excludes halogenated alkanes) is 1. The molecule has 2 nitrogen and oxygen atoms in total. The Bertz CT molecular complexity index is 355. The van der Waals surface area contributed by atoms with Gasteiger partial charge in [-0.3, -0.25) is 4.79 Å². The van der Waals surface area contributed by atoms with Gasteiger partial charge in [0.2, 0.25) is 0 Å². The van der Waals surface area contributed by atoms with Crippen molar-refractivity contribution in [1.82, 2.24) is 0 Å². The Morgan fingerprint density at radius 2 is 1.89 bits per heavy atom. The van der Waals surface area contributed by atoms with Crippen molar-refractivity contribution >= 4 is 5.97 Å². The van der Waals surface area contributed by atoms with Gasteiger partial charge in [-0.25, -0.2) is 0 Å². The van der Waals surface area contributed by atoms with E-state index in [1.54, 1.807) is 0 Å². The van der Waals surface area contributed by atoms with E-state index >= 15 is 0 Å². The zero-order valence-electron chi connectivity index (χ0n) is 11.1. The first kappa shape index (κ1) is 14.5. The fraction of sp³-hybridized carbons (Fsp3) is 0.438. The second-order valence-electron chi connectivity index (χ2n) is 4.19. The van der Waals surface area contributed by atoms with Gasteiger partial charge in [0.15, 0.2) is 0 Å². The van der Waals surface area contributed by atoms with Crippen LogP contribution in [0.25, 0.3) is 0 Å². The van der Waals surface area contributed by atoms with E-state index in [4.69, 9.17) is 4.74 Å². The highest BCUT2D eigenvalue weighted by molar-refractivity contribution is 5.69. The third-order valence-electron chi connectivity index (χ3n) is 2.67. The summed E-state index contributed by atoms with van der Waals surface area (Å²) < 4.78 is 4.85. The molecule has 0 spiro atoms. The Balaban J connectivity index is 2.02. The van der Waals surface area contributed by atoms with Gasteiger partial charge in [-0.2, -0.15) is 0 Å². The molecule has 0 saturated heterocycles. The summed E-state index contributed by atoms with van der Waals surface area (Å²) in [6.07, 6.45) is 8.83. The maximum absolute atomic E-state index is 11.1. The van der Waals surface area contributed by atoms with E-state index in [1.165, 1.54) is 5.56 Å². The SMILES string of the molecule is CCOC(=O)CC/C=C/CCCc1ccccc1. The Morgan fingerprint density at radius 1 is 1.17 bits per heavy atom. The molecule has 0 aliphatic heterocycles. The number of carbonyl (C=O) groups is 1. The minimum Gasteiger partial charge on any atom is -0.466 e. The lowest BCUT2D eigenvalue weighted by Gasteiger charge is -1.99. The quantitative estimate of drug-likeness (QED) is 0.395. The molecule has 1 aromatic carbocycles. The molecule has 0 amide bonds. The van der Waals surface area contributed by atoms with E-state index in [-0.39, 0.29) is 5.97 Å². The number of benzene rings is 1. The number of ether oxygens (including phenoxy) is 1. The summed E-state index contributed by atoms with van der Waals surface area (Å²) in [6.45, 7) is 2.30. The lowest BCUT2D eigenvalue weighted by molar-refractivity contribution is -0.142. The van der Waals surface area contributed by atoms with E-state index < -0.39 is 0 Å². The number of esters is 1. The molecule has 0 N–H and O–H groups in total. The fourth-order valence-corrected chi connectivity index (χ4v) is 1.74. The molecular weight excluding hydrogens is 224 g/mol. The van der Waals surface area contributed by atoms with Crippen LogP contribution in [0.3, 0.4) is 0 Å². The second-order valence-corrected chi connectivity index (χ2v) is 4.19. The normalized spacial score (nSPS) is 10.7. The molecule has 0 radical (unpaired) electrons. The lowest BCUT2D eigenvalue weighted by atomic mass is 10.1. The monoisotopic (exact) mass is 246 g/mol. The van der Waals surface area contributed by atoms with Crippen molar-refractivity contribution in [3.05, 3.63) is 48.0 Å². The molecule has 0 bridgehead atoms. The van der Waals surface area contributed by atoms with Crippen LogP contribution in [-0.2, 0) is 16.0 Å². The van der Waals surface area contributed by atoms with Crippen LogP contribution in [0.2, 0.25) is 0 Å². The number of hydrogen-bond donors (Lipinski definition) is 0. The van der Waals surface area contributed by atoms with E-state index in [9.17, 15) is 4.79 Å². The highest BCUT2D eigenvalue weighted by Gasteiger charge is 1.97. The minimum absolute atomic E-state index is 0.105. The van der Waals surface area contributed by atoms with Crippen LogP contribution in [0.1, 0.15) is 38.2 Å². The summed E-state index contributed by atoms with van der Waals surface area (Å²) >= 11 is 0. The molecule has 1 aromatic rings. The Labute approximate surface area is 110 Å². The Morgan fingerprint density at radius 3 is 2.61 bits per heavy atom. The van der Waals surface area contributed by atoms with E-state index in [0.29, 0.717) is 13.0 Å². The van der Waals surface area contributed by atoms with Crippen LogP contribution < -0.4 is 0 Å². The number of carbonyl (C=O) groups excluding carboxylic acids is 1. The summed E-state index contributed by atoms with van der Waals surface area (Å²) in [7, 11) is 0. The summed E-state index contributed by atoms with van der Waals surface area (Å²) in [5.74, 6) is -0.105. The van der Waals surface area contributed by atoms with Crippen LogP contribution in [-0.4, -0.2) is 12.6 Å². The van der Waals surface area contributed by atoms with Crippen LogP contribution in [0.15, 0.2) is 42.5 Å². The first-order valence-corrected chi connectivity index (χ1v) is 6.67. The first-order chi connectivity index (χ1) is 8.83. The zero-order chi connectivity index (χ0) is 13.1. The largest absolute Gasteiger partial charge is 0.466 e. The third-order valence-corrected chi connectivity index (χ3v) is 2.67. The van der Waals surface area contributed by atoms with Crippen molar-refractivity contribution in [2.24, 2.45) is 0 Å². The van der Waals surface area contributed by atoms with Gasteiger partial charge >= 0.3 is 5.97 Å². The van der Waals surface area contributed by atoms with Crippen molar-refractivity contribution in [3.8, 4) is 0 Å². The van der Waals surface area contributed by atoms with Crippen molar-refractivity contribution in [1.29, 1.82) is 0 Å². The number of rotatable bonds is 8. The van der Waals surface area contributed by atoms with Crippen LogP contribution in [0.5, 0.6) is 0 Å². The van der Waals surface area contributed by atoms with Gasteiger partial charge in [0.1, 0.15) is 0 Å². The average molecular weight is 246 g/mol. The average Bonchev–Trinajstić information content (AvgIpc) is 2.39. The molecular formula is C16H22O2. The van der Waals surface area contributed by atoms with Crippen molar-refractivity contribution < 1.29 is 9.53 Å². The zero-order valence-corrected chi connectivity index (χ0v) is 11.1. The Hall–Kier alpha value is -1.57. The first-order valence-electron chi connectivity index (χ1n) is 6.67. The van der Waals surface area contributed by atoms with Crippen LogP contribution in [0, 0.1) is 0 Å². The number of aryl methyl sites for hydroxylation is 1. The van der Waals surface area contributed by atoms with Gasteiger partial charge in [-0.05, 0) is 38.2 Å². The molecule has 18 heavy (non-hydrogen) atoms. The molecule has 0 heterocycles. The summed E-state index contributed by atoms with van der Waals surface area (Å²) in [5, 5.41) is 0. The smallest absolute Gasteiger partial charge is 0.306 e. The molecule has 0 unspecified atom stereocenters. The van der Waals surface area contributed by atoms with Gasteiger partial charge in [0.25, 0.3) is 0 Å². The van der Waals surface area contributed by atoms with Gasteiger partial charge < -0.3 is 4.74 Å². The predicted molar refractivity (Wildman–Crippen MR) is 74.4 cm³/mol. The molecule has 2 heteroatoms. The van der Waals surface area contributed by atoms with Crippen LogP contribution in [0.4, 0.5) is 0 Å². The van der Waals surface area contributed by atoms with Crippen LogP contribution >= 0.6 is 0 Å². The predicted octanol–water partition coefficient (Wildman–Crippen LogP) is 3.91. The summed E-state index contributed by atoms with van der Waals surface area (Å²) in [4.78, 5) is 11.1. The number of hydrogen-bond acceptors (Lipinski definition) is 2.